The summed E-state index contributed by atoms with van der Waals surface area (Å²) in [6, 6.07) is 16.2. The summed E-state index contributed by atoms with van der Waals surface area (Å²) < 4.78 is 15.7. The lowest BCUT2D eigenvalue weighted by Gasteiger charge is -2.07. The standard InChI is InChI=1S/C20H16ClFN4/c1-26-19-10-17(13-6-8-15(21)9-7-13)23-12-18(19)25-20(26)24-11-14-4-2-3-5-16(14)22/h2-10,12H,11H2,1H3,(H,24,25). The van der Waals surface area contributed by atoms with Crippen molar-refractivity contribution in [2.24, 2.45) is 7.05 Å². The molecule has 0 saturated heterocycles. The molecule has 0 radical (unpaired) electrons. The molecule has 4 rings (SSSR count). The summed E-state index contributed by atoms with van der Waals surface area (Å²) in [6.45, 7) is 0.362. The molecule has 4 aromatic rings. The molecule has 0 spiro atoms. The third-order valence-corrected chi connectivity index (χ3v) is 4.55. The van der Waals surface area contributed by atoms with Crippen LogP contribution >= 0.6 is 11.6 Å². The largest absolute Gasteiger partial charge is 0.351 e. The zero-order valence-corrected chi connectivity index (χ0v) is 14.8. The van der Waals surface area contributed by atoms with E-state index in [0.717, 1.165) is 22.3 Å². The highest BCUT2D eigenvalue weighted by atomic mass is 35.5. The monoisotopic (exact) mass is 366 g/mol. The van der Waals surface area contributed by atoms with Crippen molar-refractivity contribution in [2.45, 2.75) is 6.54 Å². The molecule has 6 heteroatoms. The van der Waals surface area contributed by atoms with Gasteiger partial charge in [-0.25, -0.2) is 9.37 Å². The Balaban J connectivity index is 1.64. The fraction of sp³-hybridized carbons (Fsp3) is 0.100. The average Bonchev–Trinajstić information content (AvgIpc) is 2.97. The highest BCUT2D eigenvalue weighted by Crippen LogP contribution is 2.25. The number of rotatable bonds is 4. The molecular formula is C20H16ClFN4. The summed E-state index contributed by atoms with van der Waals surface area (Å²) >= 11 is 5.95. The summed E-state index contributed by atoms with van der Waals surface area (Å²) in [4.78, 5) is 9.04. The van der Waals surface area contributed by atoms with Gasteiger partial charge in [0.1, 0.15) is 11.3 Å². The Morgan fingerprint density at radius 3 is 2.65 bits per heavy atom. The third-order valence-electron chi connectivity index (χ3n) is 4.30. The summed E-state index contributed by atoms with van der Waals surface area (Å²) in [6.07, 6.45) is 1.74. The van der Waals surface area contributed by atoms with Crippen LogP contribution in [0.25, 0.3) is 22.3 Å². The maximum absolute atomic E-state index is 13.8. The molecule has 0 aliphatic carbocycles. The van der Waals surface area contributed by atoms with E-state index in [1.807, 2.05) is 48.0 Å². The Bertz CT molecular complexity index is 1070. The quantitative estimate of drug-likeness (QED) is 0.550. The Morgan fingerprint density at radius 1 is 1.12 bits per heavy atom. The van der Waals surface area contributed by atoms with E-state index in [9.17, 15) is 4.39 Å². The van der Waals surface area contributed by atoms with Crippen LogP contribution < -0.4 is 5.32 Å². The number of aromatic nitrogens is 3. The van der Waals surface area contributed by atoms with Crippen molar-refractivity contribution in [1.29, 1.82) is 0 Å². The fourth-order valence-electron chi connectivity index (χ4n) is 2.85. The maximum atomic E-state index is 13.8. The lowest BCUT2D eigenvalue weighted by atomic mass is 10.1. The smallest absolute Gasteiger partial charge is 0.203 e. The van der Waals surface area contributed by atoms with Gasteiger partial charge in [0, 0.05) is 29.7 Å². The van der Waals surface area contributed by atoms with Crippen molar-refractivity contribution in [3.63, 3.8) is 0 Å². The van der Waals surface area contributed by atoms with Crippen LogP contribution in [0.1, 0.15) is 5.56 Å². The van der Waals surface area contributed by atoms with Gasteiger partial charge < -0.3 is 9.88 Å². The SMILES string of the molecule is Cn1c(NCc2ccccc2F)nc2cnc(-c3ccc(Cl)cc3)cc21. The van der Waals surface area contributed by atoms with Gasteiger partial charge in [-0.3, -0.25) is 4.98 Å². The molecule has 0 amide bonds. The number of benzene rings is 2. The van der Waals surface area contributed by atoms with E-state index in [1.165, 1.54) is 6.07 Å². The minimum Gasteiger partial charge on any atom is -0.351 e. The molecule has 130 valence electrons. The normalized spacial score (nSPS) is 11.0. The molecule has 4 nitrogen and oxygen atoms in total. The van der Waals surface area contributed by atoms with Gasteiger partial charge in [0.15, 0.2) is 0 Å². The number of pyridine rings is 1. The number of imidazole rings is 1. The molecule has 0 unspecified atom stereocenters. The average molecular weight is 367 g/mol. The van der Waals surface area contributed by atoms with Gasteiger partial charge >= 0.3 is 0 Å². The second kappa shape index (κ2) is 6.77. The fourth-order valence-corrected chi connectivity index (χ4v) is 2.97. The predicted octanol–water partition coefficient (Wildman–Crippen LogP) is 5.04. The Labute approximate surface area is 155 Å². The second-order valence-corrected chi connectivity index (χ2v) is 6.44. The summed E-state index contributed by atoms with van der Waals surface area (Å²) in [7, 11) is 1.92. The second-order valence-electron chi connectivity index (χ2n) is 6.00. The highest BCUT2D eigenvalue weighted by Gasteiger charge is 2.11. The van der Waals surface area contributed by atoms with E-state index in [0.29, 0.717) is 23.1 Å². The number of hydrogen-bond donors (Lipinski definition) is 1. The first-order valence-electron chi connectivity index (χ1n) is 8.17. The summed E-state index contributed by atoms with van der Waals surface area (Å²) in [5.41, 5.74) is 4.15. The number of aryl methyl sites for hydroxylation is 1. The van der Waals surface area contributed by atoms with Gasteiger partial charge in [-0.05, 0) is 24.3 Å². The molecule has 0 fully saturated rings. The van der Waals surface area contributed by atoms with Crippen LogP contribution in [0.4, 0.5) is 10.3 Å². The molecule has 26 heavy (non-hydrogen) atoms. The predicted molar refractivity (Wildman–Crippen MR) is 103 cm³/mol. The van der Waals surface area contributed by atoms with Crippen LogP contribution in [0.5, 0.6) is 0 Å². The Morgan fingerprint density at radius 2 is 1.88 bits per heavy atom. The molecule has 0 aliphatic rings. The molecule has 2 aromatic carbocycles. The van der Waals surface area contributed by atoms with Gasteiger partial charge in [-0.2, -0.15) is 0 Å². The molecule has 0 aliphatic heterocycles. The van der Waals surface area contributed by atoms with Crippen LogP contribution in [-0.2, 0) is 13.6 Å². The third kappa shape index (κ3) is 3.13. The van der Waals surface area contributed by atoms with Crippen LogP contribution in [0.2, 0.25) is 5.02 Å². The molecule has 2 aromatic heterocycles. The van der Waals surface area contributed by atoms with Crippen molar-refractivity contribution in [2.75, 3.05) is 5.32 Å². The maximum Gasteiger partial charge on any atom is 0.203 e. The van der Waals surface area contributed by atoms with Crippen molar-refractivity contribution < 1.29 is 4.39 Å². The van der Waals surface area contributed by atoms with Crippen molar-refractivity contribution in [3.05, 3.63) is 77.2 Å². The topological polar surface area (TPSA) is 42.7 Å². The summed E-state index contributed by atoms with van der Waals surface area (Å²) in [5.74, 6) is 0.434. The van der Waals surface area contributed by atoms with Gasteiger partial charge in [0.25, 0.3) is 0 Å². The number of fused-ring (bicyclic) bond motifs is 1. The molecule has 1 N–H and O–H groups in total. The highest BCUT2D eigenvalue weighted by molar-refractivity contribution is 6.30. The molecule has 0 bridgehead atoms. The van der Waals surface area contributed by atoms with Crippen LogP contribution in [0.15, 0.2) is 60.8 Å². The minimum absolute atomic E-state index is 0.231. The van der Waals surface area contributed by atoms with Gasteiger partial charge in [0.2, 0.25) is 5.95 Å². The number of nitrogens with one attached hydrogen (secondary N) is 1. The van der Waals surface area contributed by atoms with E-state index in [2.05, 4.69) is 15.3 Å². The zero-order valence-electron chi connectivity index (χ0n) is 14.1. The van der Waals surface area contributed by atoms with Crippen molar-refractivity contribution >= 4 is 28.6 Å². The van der Waals surface area contributed by atoms with E-state index in [-0.39, 0.29) is 5.82 Å². The minimum atomic E-state index is -0.231. The molecule has 0 saturated carbocycles. The zero-order chi connectivity index (χ0) is 18.1. The molecular weight excluding hydrogens is 351 g/mol. The molecule has 2 heterocycles. The van der Waals surface area contributed by atoms with E-state index < -0.39 is 0 Å². The van der Waals surface area contributed by atoms with Gasteiger partial charge in [-0.1, -0.05) is 41.9 Å². The van der Waals surface area contributed by atoms with E-state index in [1.54, 1.807) is 18.3 Å². The van der Waals surface area contributed by atoms with Crippen molar-refractivity contribution in [3.8, 4) is 11.3 Å². The number of anilines is 1. The Hall–Kier alpha value is -2.92. The summed E-state index contributed by atoms with van der Waals surface area (Å²) in [5, 5.41) is 3.88. The van der Waals surface area contributed by atoms with Gasteiger partial charge in [-0.15, -0.1) is 0 Å². The Kier molecular flexibility index (Phi) is 4.31. The first-order chi connectivity index (χ1) is 12.6. The number of nitrogens with zero attached hydrogens (tertiary/aromatic N) is 3. The van der Waals surface area contributed by atoms with E-state index in [4.69, 9.17) is 11.6 Å². The van der Waals surface area contributed by atoms with Crippen molar-refractivity contribution in [1.82, 2.24) is 14.5 Å². The first kappa shape index (κ1) is 16.5. The molecule has 0 atom stereocenters. The van der Waals surface area contributed by atoms with Crippen LogP contribution in [0, 0.1) is 5.82 Å². The number of halogens is 2. The lowest BCUT2D eigenvalue weighted by molar-refractivity contribution is 0.612. The van der Waals surface area contributed by atoms with Gasteiger partial charge in [0.05, 0.1) is 17.4 Å². The first-order valence-corrected chi connectivity index (χ1v) is 8.55. The van der Waals surface area contributed by atoms with E-state index >= 15 is 0 Å². The lowest BCUT2D eigenvalue weighted by Crippen LogP contribution is -2.06. The number of hydrogen-bond acceptors (Lipinski definition) is 3. The van der Waals surface area contributed by atoms with Crippen LogP contribution in [0.3, 0.4) is 0 Å². The van der Waals surface area contributed by atoms with Crippen LogP contribution in [-0.4, -0.2) is 14.5 Å².